The van der Waals surface area contributed by atoms with Crippen molar-refractivity contribution in [3.8, 4) is 0 Å². The van der Waals surface area contributed by atoms with Crippen LogP contribution < -0.4 is 5.32 Å². The van der Waals surface area contributed by atoms with Crippen LogP contribution in [0.1, 0.15) is 35.2 Å². The van der Waals surface area contributed by atoms with Gasteiger partial charge in [0.1, 0.15) is 0 Å². The molecule has 1 aliphatic heterocycles. The number of hydrogen-bond acceptors (Lipinski definition) is 2. The first-order chi connectivity index (χ1) is 9.58. The van der Waals surface area contributed by atoms with Crippen LogP contribution >= 0.6 is 15.9 Å². The maximum absolute atomic E-state index is 12.0. The van der Waals surface area contributed by atoms with E-state index in [9.17, 15) is 9.59 Å². The second-order valence-corrected chi connectivity index (χ2v) is 5.93. The Morgan fingerprint density at radius 1 is 1.30 bits per heavy atom. The SMILES string of the molecule is Cc1ccc(C(=O)NCCC(=O)N2CCCC2)c(Br)c1. The van der Waals surface area contributed by atoms with Crippen molar-refractivity contribution in [2.24, 2.45) is 0 Å². The summed E-state index contributed by atoms with van der Waals surface area (Å²) in [7, 11) is 0. The number of likely N-dealkylation sites (tertiary alicyclic amines) is 1. The van der Waals surface area contributed by atoms with E-state index in [0.717, 1.165) is 36.0 Å². The highest BCUT2D eigenvalue weighted by Gasteiger charge is 2.17. The number of carbonyl (C=O) groups is 2. The minimum absolute atomic E-state index is 0.130. The van der Waals surface area contributed by atoms with Crippen LogP contribution in [0.15, 0.2) is 22.7 Å². The topological polar surface area (TPSA) is 49.4 Å². The number of rotatable bonds is 4. The average Bonchev–Trinajstić information content (AvgIpc) is 2.92. The van der Waals surface area contributed by atoms with Crippen molar-refractivity contribution in [3.63, 3.8) is 0 Å². The molecular weight excluding hydrogens is 320 g/mol. The van der Waals surface area contributed by atoms with Crippen molar-refractivity contribution in [2.45, 2.75) is 26.2 Å². The fraction of sp³-hybridized carbons (Fsp3) is 0.467. The van der Waals surface area contributed by atoms with Gasteiger partial charge in [-0.2, -0.15) is 0 Å². The van der Waals surface area contributed by atoms with Crippen LogP contribution in [0.25, 0.3) is 0 Å². The minimum Gasteiger partial charge on any atom is -0.351 e. The summed E-state index contributed by atoms with van der Waals surface area (Å²) in [6, 6.07) is 5.59. The summed E-state index contributed by atoms with van der Waals surface area (Å²) < 4.78 is 0.779. The molecule has 0 spiro atoms. The summed E-state index contributed by atoms with van der Waals surface area (Å²) in [5, 5.41) is 2.80. The van der Waals surface area contributed by atoms with E-state index in [4.69, 9.17) is 0 Å². The first-order valence-corrected chi connectivity index (χ1v) is 7.69. The van der Waals surface area contributed by atoms with Gasteiger partial charge in [0.15, 0.2) is 0 Å². The van der Waals surface area contributed by atoms with Crippen molar-refractivity contribution >= 4 is 27.7 Å². The lowest BCUT2D eigenvalue weighted by atomic mass is 10.1. The molecule has 0 bridgehead atoms. The van der Waals surface area contributed by atoms with Crippen molar-refractivity contribution in [1.29, 1.82) is 0 Å². The zero-order valence-corrected chi connectivity index (χ0v) is 13.2. The second kappa shape index (κ2) is 6.88. The zero-order valence-electron chi connectivity index (χ0n) is 11.6. The summed E-state index contributed by atoms with van der Waals surface area (Å²) in [5.41, 5.74) is 1.70. The molecule has 2 amide bonds. The molecule has 2 rings (SSSR count). The highest BCUT2D eigenvalue weighted by atomic mass is 79.9. The van der Waals surface area contributed by atoms with Crippen LogP contribution in [0.5, 0.6) is 0 Å². The van der Waals surface area contributed by atoms with Crippen molar-refractivity contribution in [3.05, 3.63) is 33.8 Å². The number of nitrogens with one attached hydrogen (secondary N) is 1. The number of amides is 2. The molecule has 1 heterocycles. The van der Waals surface area contributed by atoms with Crippen molar-refractivity contribution < 1.29 is 9.59 Å². The molecular formula is C15H19BrN2O2. The third kappa shape index (κ3) is 3.82. The highest BCUT2D eigenvalue weighted by molar-refractivity contribution is 9.10. The molecule has 1 aromatic rings. The molecule has 20 heavy (non-hydrogen) atoms. The molecule has 0 aliphatic carbocycles. The van der Waals surface area contributed by atoms with Gasteiger partial charge < -0.3 is 10.2 Å². The van der Waals surface area contributed by atoms with E-state index in [-0.39, 0.29) is 11.8 Å². The van der Waals surface area contributed by atoms with Crippen molar-refractivity contribution in [1.82, 2.24) is 10.2 Å². The third-order valence-corrected chi connectivity index (χ3v) is 4.11. The smallest absolute Gasteiger partial charge is 0.252 e. The Labute approximate surface area is 127 Å². The molecule has 108 valence electrons. The number of carbonyl (C=O) groups excluding carboxylic acids is 2. The Morgan fingerprint density at radius 3 is 2.65 bits per heavy atom. The first kappa shape index (κ1) is 15.0. The van der Waals surface area contributed by atoms with E-state index in [1.54, 1.807) is 6.07 Å². The molecule has 1 fully saturated rings. The summed E-state index contributed by atoms with van der Waals surface area (Å²) in [4.78, 5) is 25.7. The lowest BCUT2D eigenvalue weighted by molar-refractivity contribution is -0.129. The van der Waals surface area contributed by atoms with E-state index in [1.165, 1.54) is 0 Å². The molecule has 1 aliphatic rings. The Hall–Kier alpha value is -1.36. The van der Waals surface area contributed by atoms with Gasteiger partial charge in [-0.3, -0.25) is 9.59 Å². The Bertz CT molecular complexity index is 511. The number of nitrogens with zero attached hydrogens (tertiary/aromatic N) is 1. The molecule has 5 heteroatoms. The molecule has 0 saturated carbocycles. The Morgan fingerprint density at radius 2 is 2.00 bits per heavy atom. The van der Waals surface area contributed by atoms with Gasteiger partial charge in [0.2, 0.25) is 5.91 Å². The van der Waals surface area contributed by atoms with Gasteiger partial charge in [-0.1, -0.05) is 6.07 Å². The number of benzene rings is 1. The lowest BCUT2D eigenvalue weighted by Crippen LogP contribution is -2.32. The van der Waals surface area contributed by atoms with E-state index in [0.29, 0.717) is 18.5 Å². The molecule has 1 N–H and O–H groups in total. The van der Waals surface area contributed by atoms with Gasteiger partial charge in [0.25, 0.3) is 5.91 Å². The number of aryl methyl sites for hydroxylation is 1. The van der Waals surface area contributed by atoms with Crippen LogP contribution in [0.3, 0.4) is 0 Å². The van der Waals surface area contributed by atoms with Crippen LogP contribution in [-0.2, 0) is 4.79 Å². The lowest BCUT2D eigenvalue weighted by Gasteiger charge is -2.15. The Balaban J connectivity index is 1.81. The van der Waals surface area contributed by atoms with E-state index >= 15 is 0 Å². The summed E-state index contributed by atoms with van der Waals surface area (Å²) in [5.74, 6) is -0.0168. The Kier molecular flexibility index (Phi) is 5.17. The monoisotopic (exact) mass is 338 g/mol. The predicted octanol–water partition coefficient (Wildman–Crippen LogP) is 2.50. The molecule has 0 aromatic heterocycles. The largest absolute Gasteiger partial charge is 0.351 e. The molecule has 4 nitrogen and oxygen atoms in total. The number of hydrogen-bond donors (Lipinski definition) is 1. The maximum Gasteiger partial charge on any atom is 0.252 e. The number of halogens is 1. The molecule has 0 atom stereocenters. The normalized spacial score (nSPS) is 14.4. The molecule has 1 aromatic carbocycles. The zero-order chi connectivity index (χ0) is 14.5. The van der Waals surface area contributed by atoms with Gasteiger partial charge in [0.05, 0.1) is 5.56 Å². The van der Waals surface area contributed by atoms with Gasteiger partial charge in [-0.15, -0.1) is 0 Å². The predicted molar refractivity (Wildman–Crippen MR) is 81.6 cm³/mol. The molecule has 0 unspecified atom stereocenters. The highest BCUT2D eigenvalue weighted by Crippen LogP contribution is 2.18. The average molecular weight is 339 g/mol. The van der Waals surface area contributed by atoms with Crippen LogP contribution in [0, 0.1) is 6.92 Å². The summed E-state index contributed by atoms with van der Waals surface area (Å²) in [6.45, 7) is 4.07. The van der Waals surface area contributed by atoms with E-state index in [2.05, 4.69) is 21.2 Å². The minimum atomic E-state index is -0.147. The molecule has 1 saturated heterocycles. The van der Waals surface area contributed by atoms with E-state index in [1.807, 2.05) is 24.0 Å². The van der Waals surface area contributed by atoms with E-state index < -0.39 is 0 Å². The maximum atomic E-state index is 12.0. The van der Waals surface area contributed by atoms with Gasteiger partial charge in [0, 0.05) is 30.5 Å². The summed E-state index contributed by atoms with van der Waals surface area (Å²) in [6.07, 6.45) is 2.55. The first-order valence-electron chi connectivity index (χ1n) is 6.90. The van der Waals surface area contributed by atoms with Gasteiger partial charge >= 0.3 is 0 Å². The second-order valence-electron chi connectivity index (χ2n) is 5.08. The summed E-state index contributed by atoms with van der Waals surface area (Å²) >= 11 is 3.39. The van der Waals surface area contributed by atoms with Gasteiger partial charge in [-0.25, -0.2) is 0 Å². The third-order valence-electron chi connectivity index (χ3n) is 3.45. The fourth-order valence-corrected chi connectivity index (χ4v) is 2.98. The van der Waals surface area contributed by atoms with Crippen molar-refractivity contribution in [2.75, 3.05) is 19.6 Å². The van der Waals surface area contributed by atoms with Crippen LogP contribution in [0.2, 0.25) is 0 Å². The quantitative estimate of drug-likeness (QED) is 0.916. The fourth-order valence-electron chi connectivity index (χ4n) is 2.31. The molecule has 0 radical (unpaired) electrons. The van der Waals surface area contributed by atoms with Gasteiger partial charge in [-0.05, 0) is 53.4 Å². The van der Waals surface area contributed by atoms with Crippen LogP contribution in [0.4, 0.5) is 0 Å². The standard InChI is InChI=1S/C15H19BrN2O2/c1-11-4-5-12(13(16)10-11)15(20)17-7-6-14(19)18-8-2-3-9-18/h4-5,10H,2-3,6-9H2,1H3,(H,17,20). The van der Waals surface area contributed by atoms with Crippen LogP contribution in [-0.4, -0.2) is 36.3 Å².